The van der Waals surface area contributed by atoms with Gasteiger partial charge in [0.05, 0.1) is 6.21 Å². The maximum absolute atomic E-state index is 10.2. The molecule has 0 aromatic heterocycles. The molecule has 0 fully saturated rings. The Morgan fingerprint density at radius 1 is 1.67 bits per heavy atom. The number of hydrogen-bond acceptors (Lipinski definition) is 3. The zero-order valence-corrected chi connectivity index (χ0v) is 6.01. The van der Waals surface area contributed by atoms with Gasteiger partial charge in [0, 0.05) is 13.0 Å². The molecule has 3 heteroatoms. The van der Waals surface area contributed by atoms with Gasteiger partial charge in [-0.05, 0) is 13.8 Å². The zero-order valence-electron chi connectivity index (χ0n) is 6.01. The second-order valence-corrected chi connectivity index (χ2v) is 2.15. The highest BCUT2D eigenvalue weighted by atomic mass is 16.1. The van der Waals surface area contributed by atoms with E-state index in [2.05, 4.69) is 10.5 Å². The lowest BCUT2D eigenvalue weighted by molar-refractivity contribution is -0.110. The summed E-state index contributed by atoms with van der Waals surface area (Å²) in [6.07, 6.45) is 1.26. The van der Waals surface area contributed by atoms with Crippen molar-refractivity contribution in [2.75, 3.05) is 0 Å². The molecule has 0 saturated heterocycles. The van der Waals surface area contributed by atoms with E-state index < -0.39 is 0 Å². The van der Waals surface area contributed by atoms with Gasteiger partial charge in [-0.3, -0.25) is 4.79 Å². The molecule has 1 N–H and O–H groups in total. The van der Waals surface area contributed by atoms with E-state index in [0.29, 0.717) is 6.04 Å². The van der Waals surface area contributed by atoms with Gasteiger partial charge in [-0.2, -0.15) is 5.10 Å². The number of carbonyl (C=O) groups excluding carboxylic acids is 1. The highest BCUT2D eigenvalue weighted by molar-refractivity contribution is 6.26. The fourth-order valence-electron chi connectivity index (χ4n) is 0.277. The Labute approximate surface area is 55.1 Å². The van der Waals surface area contributed by atoms with Gasteiger partial charge in [-0.1, -0.05) is 0 Å². The Bertz CT molecular complexity index is 118. The third kappa shape index (κ3) is 7.14. The highest BCUT2D eigenvalue weighted by Gasteiger charge is 1.85. The minimum absolute atomic E-state index is 0.0387. The normalized spacial score (nSPS) is 10.7. The first kappa shape index (κ1) is 8.14. The van der Waals surface area contributed by atoms with Gasteiger partial charge >= 0.3 is 0 Å². The fraction of sp³-hybridized carbons (Fsp3) is 0.667. The summed E-state index contributed by atoms with van der Waals surface area (Å²) in [4.78, 5) is 10.2. The molecule has 0 aliphatic carbocycles. The van der Waals surface area contributed by atoms with Crippen molar-refractivity contribution in [2.24, 2.45) is 5.10 Å². The van der Waals surface area contributed by atoms with Crippen LogP contribution in [0.1, 0.15) is 20.8 Å². The van der Waals surface area contributed by atoms with Crippen LogP contribution >= 0.6 is 0 Å². The Balaban J connectivity index is 3.36. The van der Waals surface area contributed by atoms with Gasteiger partial charge in [-0.15, -0.1) is 0 Å². The largest absolute Gasteiger partial charge is 0.307 e. The SMILES string of the molecule is CC(=O)/C=N/NC(C)C. The van der Waals surface area contributed by atoms with Crippen LogP contribution in [0.3, 0.4) is 0 Å². The summed E-state index contributed by atoms with van der Waals surface area (Å²) in [6, 6.07) is 0.292. The van der Waals surface area contributed by atoms with E-state index in [1.165, 1.54) is 13.1 Å². The van der Waals surface area contributed by atoms with Crippen LogP contribution in [-0.4, -0.2) is 18.0 Å². The molecule has 0 heterocycles. The first-order chi connectivity index (χ1) is 4.13. The molecule has 0 aromatic carbocycles. The van der Waals surface area contributed by atoms with Crippen molar-refractivity contribution in [3.05, 3.63) is 0 Å². The molecule has 0 saturated carbocycles. The molecular formula is C6H12N2O. The van der Waals surface area contributed by atoms with Gasteiger partial charge in [-0.25, -0.2) is 0 Å². The van der Waals surface area contributed by atoms with Gasteiger partial charge in [0.25, 0.3) is 0 Å². The number of hydrazone groups is 1. The molecule has 0 spiro atoms. The average Bonchev–Trinajstić information content (AvgIpc) is 1.63. The molecule has 0 aromatic rings. The van der Waals surface area contributed by atoms with Crippen molar-refractivity contribution in [1.82, 2.24) is 5.43 Å². The molecule has 3 nitrogen and oxygen atoms in total. The van der Waals surface area contributed by atoms with Gasteiger partial charge in [0.1, 0.15) is 0 Å². The summed E-state index contributed by atoms with van der Waals surface area (Å²) < 4.78 is 0. The Kier molecular flexibility index (Phi) is 3.67. The molecule has 52 valence electrons. The quantitative estimate of drug-likeness (QED) is 0.445. The summed E-state index contributed by atoms with van der Waals surface area (Å²) in [5.41, 5.74) is 2.73. The van der Waals surface area contributed by atoms with Crippen LogP contribution in [-0.2, 0) is 4.79 Å². The summed E-state index contributed by atoms with van der Waals surface area (Å²) >= 11 is 0. The van der Waals surface area contributed by atoms with E-state index in [1.807, 2.05) is 13.8 Å². The molecule has 0 unspecified atom stereocenters. The van der Waals surface area contributed by atoms with Crippen molar-refractivity contribution in [1.29, 1.82) is 0 Å². The standard InChI is InChI=1S/C6H12N2O/c1-5(2)8-7-4-6(3)9/h4-5,8H,1-3H3/b7-4+. The van der Waals surface area contributed by atoms with Crippen molar-refractivity contribution in [3.63, 3.8) is 0 Å². The second-order valence-electron chi connectivity index (χ2n) is 2.15. The number of rotatable bonds is 3. The van der Waals surface area contributed by atoms with Crippen molar-refractivity contribution in [2.45, 2.75) is 26.8 Å². The zero-order chi connectivity index (χ0) is 7.28. The summed E-state index contributed by atoms with van der Waals surface area (Å²) in [6.45, 7) is 5.38. The van der Waals surface area contributed by atoms with Gasteiger partial charge in [0.2, 0.25) is 0 Å². The lowest BCUT2D eigenvalue weighted by atomic mass is 10.4. The Morgan fingerprint density at radius 2 is 2.22 bits per heavy atom. The molecule has 0 amide bonds. The van der Waals surface area contributed by atoms with Crippen LogP contribution in [0.25, 0.3) is 0 Å². The van der Waals surface area contributed by atoms with Crippen LogP contribution in [0.15, 0.2) is 5.10 Å². The first-order valence-electron chi connectivity index (χ1n) is 2.92. The number of ketones is 1. The smallest absolute Gasteiger partial charge is 0.172 e. The topological polar surface area (TPSA) is 41.5 Å². The van der Waals surface area contributed by atoms with Crippen LogP contribution < -0.4 is 5.43 Å². The van der Waals surface area contributed by atoms with E-state index in [4.69, 9.17) is 0 Å². The van der Waals surface area contributed by atoms with Crippen LogP contribution in [0, 0.1) is 0 Å². The monoisotopic (exact) mass is 128 g/mol. The Morgan fingerprint density at radius 3 is 2.56 bits per heavy atom. The second kappa shape index (κ2) is 4.06. The third-order valence-electron chi connectivity index (χ3n) is 0.579. The molecule has 0 aliphatic rings. The van der Waals surface area contributed by atoms with Crippen LogP contribution in [0.2, 0.25) is 0 Å². The minimum atomic E-state index is -0.0387. The summed E-state index contributed by atoms with van der Waals surface area (Å²) in [5, 5.41) is 3.65. The lowest BCUT2D eigenvalue weighted by Crippen LogP contribution is -2.16. The summed E-state index contributed by atoms with van der Waals surface area (Å²) in [7, 11) is 0. The number of hydrogen-bond donors (Lipinski definition) is 1. The summed E-state index contributed by atoms with van der Waals surface area (Å²) in [5.74, 6) is -0.0387. The fourth-order valence-corrected chi connectivity index (χ4v) is 0.277. The number of nitrogens with zero attached hydrogens (tertiary/aromatic N) is 1. The van der Waals surface area contributed by atoms with Crippen molar-refractivity contribution in [3.8, 4) is 0 Å². The van der Waals surface area contributed by atoms with E-state index >= 15 is 0 Å². The number of carbonyl (C=O) groups is 1. The highest BCUT2D eigenvalue weighted by Crippen LogP contribution is 1.73. The molecule has 0 atom stereocenters. The first-order valence-corrected chi connectivity index (χ1v) is 2.92. The average molecular weight is 128 g/mol. The molecule has 0 aliphatic heterocycles. The van der Waals surface area contributed by atoms with Crippen LogP contribution in [0.5, 0.6) is 0 Å². The maximum atomic E-state index is 10.2. The number of Topliss-reactive ketones (excluding diaryl/α,β-unsaturated/α-hetero) is 1. The van der Waals surface area contributed by atoms with Crippen LogP contribution in [0.4, 0.5) is 0 Å². The van der Waals surface area contributed by atoms with E-state index in [0.717, 1.165) is 0 Å². The van der Waals surface area contributed by atoms with Gasteiger partial charge < -0.3 is 5.43 Å². The molecular weight excluding hydrogens is 116 g/mol. The van der Waals surface area contributed by atoms with Crippen molar-refractivity contribution >= 4 is 12.0 Å². The van der Waals surface area contributed by atoms with E-state index in [1.54, 1.807) is 0 Å². The molecule has 0 radical (unpaired) electrons. The maximum Gasteiger partial charge on any atom is 0.172 e. The predicted molar refractivity (Wildman–Crippen MR) is 37.4 cm³/mol. The molecule has 0 rings (SSSR count). The van der Waals surface area contributed by atoms with Crippen molar-refractivity contribution < 1.29 is 4.79 Å². The third-order valence-corrected chi connectivity index (χ3v) is 0.579. The van der Waals surface area contributed by atoms with E-state index in [-0.39, 0.29) is 5.78 Å². The predicted octanol–water partition coefficient (Wildman–Crippen LogP) is 0.559. The molecule has 0 bridgehead atoms. The minimum Gasteiger partial charge on any atom is -0.307 e. The van der Waals surface area contributed by atoms with E-state index in [9.17, 15) is 4.79 Å². The number of nitrogens with one attached hydrogen (secondary N) is 1. The lowest BCUT2D eigenvalue weighted by Gasteiger charge is -1.99. The van der Waals surface area contributed by atoms with Gasteiger partial charge in [0.15, 0.2) is 5.78 Å². The Hall–Kier alpha value is -0.860. The molecule has 9 heavy (non-hydrogen) atoms.